The zero-order valence-electron chi connectivity index (χ0n) is 12.1. The van der Waals surface area contributed by atoms with E-state index >= 15 is 0 Å². The molecule has 20 heavy (non-hydrogen) atoms. The number of hydrogen-bond acceptors (Lipinski definition) is 7. The minimum Gasteiger partial charge on any atom is -0.369 e. The number of thioether (sulfide) groups is 1. The van der Waals surface area contributed by atoms with Gasteiger partial charge in [0.05, 0.1) is 0 Å². The fourth-order valence-corrected chi connectivity index (χ4v) is 2.09. The molecule has 1 aromatic heterocycles. The van der Waals surface area contributed by atoms with Crippen LogP contribution in [0, 0.1) is 0 Å². The maximum atomic E-state index is 11.9. The van der Waals surface area contributed by atoms with Gasteiger partial charge in [-0.05, 0) is 20.1 Å². The summed E-state index contributed by atoms with van der Waals surface area (Å²) in [6.07, 6.45) is 2.33. The quantitative estimate of drug-likeness (QED) is 0.287. The van der Waals surface area contributed by atoms with Crippen LogP contribution in [-0.4, -0.2) is 46.7 Å². The third-order valence-electron chi connectivity index (χ3n) is 2.80. The van der Waals surface area contributed by atoms with E-state index in [1.165, 1.54) is 11.8 Å². The maximum absolute atomic E-state index is 11.9. The fourth-order valence-electron chi connectivity index (χ4n) is 1.71. The molecule has 1 rings (SSSR count). The van der Waals surface area contributed by atoms with Crippen LogP contribution in [0.3, 0.4) is 0 Å². The number of nitrogens with zero attached hydrogens (tertiary/aromatic N) is 3. The fraction of sp³-hybridized carbons (Fsp3) is 0.583. The van der Waals surface area contributed by atoms with E-state index in [0.717, 1.165) is 13.1 Å². The van der Waals surface area contributed by atoms with Gasteiger partial charge in [0.1, 0.15) is 11.6 Å². The van der Waals surface area contributed by atoms with Crippen LogP contribution in [-0.2, 0) is 4.79 Å². The molecule has 0 aliphatic heterocycles. The van der Waals surface area contributed by atoms with Crippen LogP contribution in [0.2, 0.25) is 0 Å². The molecule has 112 valence electrons. The first-order valence-corrected chi connectivity index (χ1v) is 7.78. The molecule has 0 spiro atoms. The van der Waals surface area contributed by atoms with Gasteiger partial charge in [0.2, 0.25) is 5.91 Å². The molecule has 8 heteroatoms. The van der Waals surface area contributed by atoms with Gasteiger partial charge in [-0.2, -0.15) is 0 Å². The number of amides is 1. The molecular weight excluding hydrogens is 276 g/mol. The lowest BCUT2D eigenvalue weighted by molar-refractivity contribution is -0.130. The monoisotopic (exact) mass is 298 g/mol. The molecule has 0 unspecified atom stereocenters. The summed E-state index contributed by atoms with van der Waals surface area (Å²) in [5.74, 6) is 6.70. The number of hydrogen-bond donors (Lipinski definition) is 3. The average molecular weight is 298 g/mol. The highest BCUT2D eigenvalue weighted by molar-refractivity contribution is 7.98. The molecule has 7 nitrogen and oxygen atoms in total. The van der Waals surface area contributed by atoms with Gasteiger partial charge < -0.3 is 15.6 Å². The van der Waals surface area contributed by atoms with Crippen molar-refractivity contribution in [2.45, 2.75) is 25.4 Å². The van der Waals surface area contributed by atoms with E-state index in [1.807, 2.05) is 25.0 Å². The molecule has 1 amide bonds. The molecule has 0 saturated carbocycles. The molecule has 4 N–H and O–H groups in total. The van der Waals surface area contributed by atoms with Crippen molar-refractivity contribution in [3.8, 4) is 0 Å². The van der Waals surface area contributed by atoms with Gasteiger partial charge in [-0.15, -0.1) is 0 Å². The number of anilines is 2. The third kappa shape index (κ3) is 4.86. The topological polar surface area (TPSA) is 96.2 Å². The van der Waals surface area contributed by atoms with Crippen LogP contribution in [0.5, 0.6) is 0 Å². The minimum absolute atomic E-state index is 0.138. The molecule has 0 aliphatic carbocycles. The number of nitrogens with one attached hydrogen (secondary N) is 2. The van der Waals surface area contributed by atoms with Gasteiger partial charge >= 0.3 is 0 Å². The van der Waals surface area contributed by atoms with E-state index in [-0.39, 0.29) is 5.91 Å². The summed E-state index contributed by atoms with van der Waals surface area (Å²) < 4.78 is 0. The number of nitrogen functional groups attached to an aromatic ring is 1. The Balaban J connectivity index is 2.55. The van der Waals surface area contributed by atoms with Crippen LogP contribution in [0.15, 0.2) is 11.2 Å². The first-order chi connectivity index (χ1) is 9.64. The predicted molar refractivity (Wildman–Crippen MR) is 82.7 cm³/mol. The second-order valence-electron chi connectivity index (χ2n) is 4.01. The zero-order valence-corrected chi connectivity index (χ0v) is 13.0. The van der Waals surface area contributed by atoms with Gasteiger partial charge in [-0.25, -0.2) is 15.8 Å². The Morgan fingerprint density at radius 3 is 2.55 bits per heavy atom. The van der Waals surface area contributed by atoms with Crippen molar-refractivity contribution in [3.63, 3.8) is 0 Å². The van der Waals surface area contributed by atoms with E-state index < -0.39 is 0 Å². The van der Waals surface area contributed by atoms with E-state index in [2.05, 4.69) is 20.7 Å². The van der Waals surface area contributed by atoms with E-state index in [1.54, 1.807) is 6.07 Å². The first kappa shape index (κ1) is 16.5. The van der Waals surface area contributed by atoms with Crippen molar-refractivity contribution >= 4 is 29.3 Å². The predicted octanol–water partition coefficient (Wildman–Crippen LogP) is 1.15. The lowest BCUT2D eigenvalue weighted by Gasteiger charge is -2.18. The van der Waals surface area contributed by atoms with Crippen LogP contribution in [0.4, 0.5) is 11.6 Å². The highest BCUT2D eigenvalue weighted by atomic mass is 32.2. The Labute approximate surface area is 123 Å². The van der Waals surface area contributed by atoms with E-state index in [4.69, 9.17) is 5.84 Å². The molecule has 1 aromatic rings. The third-order valence-corrected chi connectivity index (χ3v) is 3.34. The smallest absolute Gasteiger partial charge is 0.224 e. The highest BCUT2D eigenvalue weighted by Crippen LogP contribution is 2.16. The van der Waals surface area contributed by atoms with Gasteiger partial charge in [0.25, 0.3) is 0 Å². The Morgan fingerprint density at radius 2 is 2.00 bits per heavy atom. The van der Waals surface area contributed by atoms with Crippen molar-refractivity contribution in [1.29, 1.82) is 0 Å². The van der Waals surface area contributed by atoms with Crippen molar-refractivity contribution < 1.29 is 4.79 Å². The summed E-state index contributed by atoms with van der Waals surface area (Å²) >= 11 is 1.43. The summed E-state index contributed by atoms with van der Waals surface area (Å²) in [5.41, 5.74) is 2.50. The summed E-state index contributed by atoms with van der Waals surface area (Å²) in [6.45, 7) is 5.96. The van der Waals surface area contributed by atoms with Crippen LogP contribution < -0.4 is 16.6 Å². The number of aromatic nitrogens is 2. The minimum atomic E-state index is 0.138. The van der Waals surface area contributed by atoms with Crippen molar-refractivity contribution in [3.05, 3.63) is 6.07 Å². The molecule has 0 bridgehead atoms. The van der Waals surface area contributed by atoms with Crippen molar-refractivity contribution in [2.75, 3.05) is 36.6 Å². The number of carbonyl (C=O) groups excluding carboxylic acids is 1. The normalized spacial score (nSPS) is 10.2. The Morgan fingerprint density at radius 1 is 1.35 bits per heavy atom. The second-order valence-corrected chi connectivity index (χ2v) is 4.79. The Bertz CT molecular complexity index is 416. The standard InChI is InChI=1S/C12H22N6OS/c1-4-18(5-2)11(19)6-7-14-9-8-10(17-13)16-12(15-9)20-3/h8H,4-7,13H2,1-3H3,(H2,14,15,16,17). The summed E-state index contributed by atoms with van der Waals surface area (Å²) in [4.78, 5) is 22.1. The number of carbonyl (C=O) groups is 1. The molecular formula is C12H22N6OS. The highest BCUT2D eigenvalue weighted by Gasteiger charge is 2.09. The van der Waals surface area contributed by atoms with Gasteiger partial charge in [0.15, 0.2) is 5.16 Å². The Kier molecular flexibility index (Phi) is 7.10. The van der Waals surface area contributed by atoms with Gasteiger partial charge in [-0.3, -0.25) is 4.79 Å². The molecule has 0 aliphatic rings. The molecule has 0 fully saturated rings. The molecule has 0 aromatic carbocycles. The second kappa shape index (κ2) is 8.60. The molecule has 0 saturated heterocycles. The largest absolute Gasteiger partial charge is 0.369 e. The SMILES string of the molecule is CCN(CC)C(=O)CCNc1cc(NN)nc(SC)n1. The molecule has 0 atom stereocenters. The summed E-state index contributed by atoms with van der Waals surface area (Å²) in [6, 6.07) is 1.71. The van der Waals surface area contributed by atoms with Gasteiger partial charge in [-0.1, -0.05) is 11.8 Å². The van der Waals surface area contributed by atoms with E-state index in [0.29, 0.717) is 29.8 Å². The number of hydrazine groups is 1. The lowest BCUT2D eigenvalue weighted by atomic mass is 10.3. The average Bonchev–Trinajstić information content (AvgIpc) is 2.48. The van der Waals surface area contributed by atoms with Crippen LogP contribution in [0.25, 0.3) is 0 Å². The molecule has 0 radical (unpaired) electrons. The van der Waals surface area contributed by atoms with E-state index in [9.17, 15) is 4.79 Å². The zero-order chi connectivity index (χ0) is 15.0. The van der Waals surface area contributed by atoms with Crippen LogP contribution >= 0.6 is 11.8 Å². The first-order valence-electron chi connectivity index (χ1n) is 6.55. The van der Waals surface area contributed by atoms with Crippen molar-refractivity contribution in [1.82, 2.24) is 14.9 Å². The van der Waals surface area contributed by atoms with Crippen molar-refractivity contribution in [2.24, 2.45) is 5.84 Å². The van der Waals surface area contributed by atoms with Gasteiger partial charge in [0, 0.05) is 32.1 Å². The summed E-state index contributed by atoms with van der Waals surface area (Å²) in [5, 5.41) is 3.74. The Hall–Kier alpha value is -1.54. The summed E-state index contributed by atoms with van der Waals surface area (Å²) in [7, 11) is 0. The molecule has 1 heterocycles. The maximum Gasteiger partial charge on any atom is 0.224 e. The van der Waals surface area contributed by atoms with Crippen LogP contribution in [0.1, 0.15) is 20.3 Å². The number of rotatable bonds is 8. The lowest BCUT2D eigenvalue weighted by Crippen LogP contribution is -2.31. The number of nitrogens with two attached hydrogens (primary N) is 1.